The zero-order valence-electron chi connectivity index (χ0n) is 11.6. The fourth-order valence-corrected chi connectivity index (χ4v) is 2.03. The van der Waals surface area contributed by atoms with E-state index in [9.17, 15) is 0 Å². The Morgan fingerprint density at radius 3 is 2.35 bits per heavy atom. The van der Waals surface area contributed by atoms with E-state index in [1.54, 1.807) is 0 Å². The molecule has 1 nitrogen and oxygen atoms in total. The molecule has 0 bridgehead atoms. The van der Waals surface area contributed by atoms with E-state index in [2.05, 4.69) is 56.4 Å². The standard InChI is InChI=1S/C16H27N/c1-4-5-11-16(17-13-12-14(2)3)15-9-7-6-8-10-15/h6-10,14,16-17H,4-5,11-13H2,1-3H3. The quantitative estimate of drug-likeness (QED) is 0.694. The van der Waals surface area contributed by atoms with Crippen LogP contribution in [0, 0.1) is 5.92 Å². The first-order valence-electron chi connectivity index (χ1n) is 7.02. The molecule has 0 aliphatic rings. The van der Waals surface area contributed by atoms with Crippen LogP contribution in [0.25, 0.3) is 0 Å². The Hall–Kier alpha value is -0.820. The van der Waals surface area contributed by atoms with Crippen molar-refractivity contribution >= 4 is 0 Å². The first-order valence-corrected chi connectivity index (χ1v) is 7.02. The molecule has 0 amide bonds. The molecule has 0 heterocycles. The molecule has 17 heavy (non-hydrogen) atoms. The van der Waals surface area contributed by atoms with Crippen LogP contribution in [0.2, 0.25) is 0 Å². The third-order valence-corrected chi connectivity index (χ3v) is 3.16. The van der Waals surface area contributed by atoms with Gasteiger partial charge in [0.25, 0.3) is 0 Å². The summed E-state index contributed by atoms with van der Waals surface area (Å²) in [6, 6.07) is 11.4. The van der Waals surface area contributed by atoms with Gasteiger partial charge in [-0.05, 0) is 30.9 Å². The highest BCUT2D eigenvalue weighted by atomic mass is 14.9. The molecule has 1 unspecified atom stereocenters. The molecule has 0 aliphatic heterocycles. The Labute approximate surface area is 107 Å². The van der Waals surface area contributed by atoms with Crippen LogP contribution >= 0.6 is 0 Å². The Morgan fingerprint density at radius 1 is 1.06 bits per heavy atom. The van der Waals surface area contributed by atoms with Gasteiger partial charge in [0.15, 0.2) is 0 Å². The van der Waals surface area contributed by atoms with Crippen LogP contribution in [0.1, 0.15) is 58.1 Å². The summed E-state index contributed by atoms with van der Waals surface area (Å²) < 4.78 is 0. The fraction of sp³-hybridized carbons (Fsp3) is 0.625. The summed E-state index contributed by atoms with van der Waals surface area (Å²) in [6.07, 6.45) is 5.08. The van der Waals surface area contributed by atoms with Gasteiger partial charge in [-0.3, -0.25) is 0 Å². The van der Waals surface area contributed by atoms with Crippen molar-refractivity contribution in [1.29, 1.82) is 0 Å². The second-order valence-electron chi connectivity index (χ2n) is 5.24. The molecule has 96 valence electrons. The SMILES string of the molecule is CCCCC(NCCC(C)C)c1ccccc1. The predicted octanol–water partition coefficient (Wildman–Crippen LogP) is 4.55. The highest BCUT2D eigenvalue weighted by Gasteiger charge is 2.09. The lowest BCUT2D eigenvalue weighted by molar-refractivity contribution is 0.448. The normalized spacial score (nSPS) is 12.9. The van der Waals surface area contributed by atoms with Gasteiger partial charge in [0, 0.05) is 6.04 Å². The molecule has 0 fully saturated rings. The minimum Gasteiger partial charge on any atom is -0.310 e. The van der Waals surface area contributed by atoms with Crippen LogP contribution in [0.15, 0.2) is 30.3 Å². The molecule has 1 atom stereocenters. The molecular formula is C16H27N. The number of hydrogen-bond donors (Lipinski definition) is 1. The smallest absolute Gasteiger partial charge is 0.0320 e. The molecule has 0 saturated carbocycles. The van der Waals surface area contributed by atoms with E-state index in [1.807, 2.05) is 0 Å². The van der Waals surface area contributed by atoms with E-state index in [4.69, 9.17) is 0 Å². The summed E-state index contributed by atoms with van der Waals surface area (Å²) in [4.78, 5) is 0. The van der Waals surface area contributed by atoms with Crippen LogP contribution in [-0.4, -0.2) is 6.54 Å². The van der Waals surface area contributed by atoms with Gasteiger partial charge in [-0.2, -0.15) is 0 Å². The molecule has 0 radical (unpaired) electrons. The number of hydrogen-bond acceptors (Lipinski definition) is 1. The molecule has 0 saturated heterocycles. The Bertz CT molecular complexity index is 279. The molecule has 0 aromatic heterocycles. The topological polar surface area (TPSA) is 12.0 Å². The summed E-state index contributed by atoms with van der Waals surface area (Å²) in [6.45, 7) is 7.95. The van der Waals surface area contributed by atoms with E-state index in [0.29, 0.717) is 6.04 Å². The van der Waals surface area contributed by atoms with Crippen LogP contribution in [0.4, 0.5) is 0 Å². The maximum Gasteiger partial charge on any atom is 0.0320 e. The van der Waals surface area contributed by atoms with Crippen molar-refractivity contribution in [3.8, 4) is 0 Å². The maximum atomic E-state index is 3.70. The van der Waals surface area contributed by atoms with Gasteiger partial charge in [0.1, 0.15) is 0 Å². The lowest BCUT2D eigenvalue weighted by Crippen LogP contribution is -2.23. The number of unbranched alkanes of at least 4 members (excludes halogenated alkanes) is 1. The highest BCUT2D eigenvalue weighted by molar-refractivity contribution is 5.18. The molecule has 1 rings (SSSR count). The lowest BCUT2D eigenvalue weighted by atomic mass is 10.0. The third-order valence-electron chi connectivity index (χ3n) is 3.16. The Balaban J connectivity index is 2.48. The summed E-state index contributed by atoms with van der Waals surface area (Å²) in [5.74, 6) is 0.782. The molecule has 1 aromatic carbocycles. The van der Waals surface area contributed by atoms with E-state index in [-0.39, 0.29) is 0 Å². The van der Waals surface area contributed by atoms with Crippen molar-refractivity contribution in [1.82, 2.24) is 5.32 Å². The number of benzene rings is 1. The molecule has 0 aliphatic carbocycles. The zero-order chi connectivity index (χ0) is 12.5. The summed E-state index contributed by atoms with van der Waals surface area (Å²) >= 11 is 0. The third kappa shape index (κ3) is 5.88. The minimum atomic E-state index is 0.537. The minimum absolute atomic E-state index is 0.537. The van der Waals surface area contributed by atoms with Gasteiger partial charge >= 0.3 is 0 Å². The Kier molecular flexibility index (Phi) is 6.95. The van der Waals surface area contributed by atoms with Crippen LogP contribution in [-0.2, 0) is 0 Å². The monoisotopic (exact) mass is 233 g/mol. The highest BCUT2D eigenvalue weighted by Crippen LogP contribution is 2.19. The van der Waals surface area contributed by atoms with E-state index in [1.165, 1.54) is 31.2 Å². The van der Waals surface area contributed by atoms with Crippen molar-refractivity contribution in [3.63, 3.8) is 0 Å². The summed E-state index contributed by atoms with van der Waals surface area (Å²) in [7, 11) is 0. The predicted molar refractivity (Wildman–Crippen MR) is 76.2 cm³/mol. The average Bonchev–Trinajstić information content (AvgIpc) is 2.34. The van der Waals surface area contributed by atoms with Crippen LogP contribution in [0.3, 0.4) is 0 Å². The second-order valence-corrected chi connectivity index (χ2v) is 5.24. The van der Waals surface area contributed by atoms with Gasteiger partial charge in [0.2, 0.25) is 0 Å². The van der Waals surface area contributed by atoms with Gasteiger partial charge in [-0.15, -0.1) is 0 Å². The van der Waals surface area contributed by atoms with Crippen molar-refractivity contribution in [2.45, 2.75) is 52.5 Å². The van der Waals surface area contributed by atoms with Gasteiger partial charge in [-0.25, -0.2) is 0 Å². The van der Waals surface area contributed by atoms with Crippen LogP contribution < -0.4 is 5.32 Å². The van der Waals surface area contributed by atoms with E-state index in [0.717, 1.165) is 12.5 Å². The molecule has 1 heteroatoms. The van der Waals surface area contributed by atoms with Crippen molar-refractivity contribution in [2.75, 3.05) is 6.54 Å². The van der Waals surface area contributed by atoms with Crippen molar-refractivity contribution in [2.24, 2.45) is 5.92 Å². The largest absolute Gasteiger partial charge is 0.310 e. The molecular weight excluding hydrogens is 206 g/mol. The first-order chi connectivity index (χ1) is 8.24. The summed E-state index contributed by atoms with van der Waals surface area (Å²) in [5.41, 5.74) is 1.43. The van der Waals surface area contributed by atoms with Gasteiger partial charge in [-0.1, -0.05) is 63.9 Å². The molecule has 0 spiro atoms. The lowest BCUT2D eigenvalue weighted by Gasteiger charge is -2.19. The molecule has 1 aromatic rings. The number of rotatable bonds is 8. The number of nitrogens with one attached hydrogen (secondary N) is 1. The van der Waals surface area contributed by atoms with Crippen molar-refractivity contribution < 1.29 is 0 Å². The zero-order valence-corrected chi connectivity index (χ0v) is 11.6. The summed E-state index contributed by atoms with van der Waals surface area (Å²) in [5, 5.41) is 3.70. The average molecular weight is 233 g/mol. The fourth-order valence-electron chi connectivity index (χ4n) is 2.03. The van der Waals surface area contributed by atoms with Crippen LogP contribution in [0.5, 0.6) is 0 Å². The second kappa shape index (κ2) is 8.30. The van der Waals surface area contributed by atoms with Gasteiger partial charge in [0.05, 0.1) is 0 Å². The maximum absolute atomic E-state index is 3.70. The first kappa shape index (κ1) is 14.2. The molecule has 1 N–H and O–H groups in total. The van der Waals surface area contributed by atoms with E-state index >= 15 is 0 Å². The van der Waals surface area contributed by atoms with Crippen molar-refractivity contribution in [3.05, 3.63) is 35.9 Å². The Morgan fingerprint density at radius 2 is 1.76 bits per heavy atom. The van der Waals surface area contributed by atoms with E-state index < -0.39 is 0 Å². The van der Waals surface area contributed by atoms with Gasteiger partial charge < -0.3 is 5.32 Å².